The number of hydrogen-bond donors (Lipinski definition) is 5. The predicted octanol–water partition coefficient (Wildman–Crippen LogP) is 1.05. The van der Waals surface area contributed by atoms with E-state index in [0.29, 0.717) is 64.1 Å². The van der Waals surface area contributed by atoms with Gasteiger partial charge in [-0.3, -0.25) is 33.6 Å². The fraction of sp³-hybridized carbons (Fsp3) is 0.795. The van der Waals surface area contributed by atoms with Crippen molar-refractivity contribution < 1.29 is 38.7 Å². The van der Waals surface area contributed by atoms with Crippen molar-refractivity contribution in [3.05, 3.63) is 6.92 Å². The van der Waals surface area contributed by atoms with Gasteiger partial charge in [0.1, 0.15) is 30.2 Å². The van der Waals surface area contributed by atoms with E-state index in [9.17, 15) is 38.7 Å². The largest absolute Gasteiger partial charge is 0.391 e. The normalized spacial score (nSPS) is 23.2. The van der Waals surface area contributed by atoms with E-state index in [-0.39, 0.29) is 50.1 Å². The summed E-state index contributed by atoms with van der Waals surface area (Å²) < 4.78 is 0. The van der Waals surface area contributed by atoms with Gasteiger partial charge in [0.25, 0.3) is 0 Å². The molecule has 1 saturated carbocycles. The van der Waals surface area contributed by atoms with Crippen LogP contribution >= 0.6 is 0 Å². The highest BCUT2D eigenvalue weighted by Crippen LogP contribution is 2.31. The lowest BCUT2D eigenvalue weighted by atomic mass is 9.79. The van der Waals surface area contributed by atoms with Gasteiger partial charge in [-0.05, 0) is 77.0 Å². The lowest BCUT2D eigenvalue weighted by Gasteiger charge is -2.38. The van der Waals surface area contributed by atoms with Gasteiger partial charge in [0, 0.05) is 45.6 Å². The molecule has 7 atom stereocenters. The van der Waals surface area contributed by atoms with Crippen molar-refractivity contribution in [3.63, 3.8) is 0 Å². The van der Waals surface area contributed by atoms with E-state index in [1.54, 1.807) is 4.90 Å². The lowest BCUT2D eigenvalue weighted by Crippen LogP contribution is -2.60. The molecule has 0 spiro atoms. The highest BCUT2D eigenvalue weighted by atomic mass is 16.3. The second kappa shape index (κ2) is 20.8. The highest BCUT2D eigenvalue weighted by molar-refractivity contribution is 5.97. The Morgan fingerprint density at radius 3 is 1.98 bits per heavy atom. The van der Waals surface area contributed by atoms with Crippen LogP contribution in [0.5, 0.6) is 0 Å². The number of aliphatic hydroxyl groups excluding tert-OH is 1. The summed E-state index contributed by atoms with van der Waals surface area (Å²) in [6.45, 7) is 13.8. The van der Waals surface area contributed by atoms with Crippen LogP contribution in [0.1, 0.15) is 117 Å². The van der Waals surface area contributed by atoms with Crippen LogP contribution in [0, 0.1) is 18.8 Å². The number of amides is 7. The van der Waals surface area contributed by atoms with Gasteiger partial charge in [-0.15, -0.1) is 0 Å². The zero-order valence-electron chi connectivity index (χ0n) is 32.5. The van der Waals surface area contributed by atoms with Crippen LogP contribution in [0.4, 0.5) is 0 Å². The van der Waals surface area contributed by atoms with Crippen molar-refractivity contribution in [1.82, 2.24) is 36.0 Å². The number of carbonyl (C=O) groups is 7. The molecule has 4 aliphatic rings. The van der Waals surface area contributed by atoms with Gasteiger partial charge < -0.3 is 41.1 Å². The molecule has 5 N–H and O–H groups in total. The van der Waals surface area contributed by atoms with Crippen LogP contribution in [0.2, 0.25) is 0 Å². The van der Waals surface area contributed by atoms with E-state index in [1.165, 1.54) is 23.1 Å². The third-order valence-electron chi connectivity index (χ3n) is 11.6. The van der Waals surface area contributed by atoms with E-state index in [4.69, 9.17) is 6.92 Å². The van der Waals surface area contributed by atoms with Crippen molar-refractivity contribution >= 4 is 41.4 Å². The maximum Gasteiger partial charge on any atom is 0.246 e. The summed E-state index contributed by atoms with van der Waals surface area (Å²) in [5.41, 5.74) is 0. The fourth-order valence-corrected chi connectivity index (χ4v) is 8.14. The minimum absolute atomic E-state index is 0.0728. The first-order valence-corrected chi connectivity index (χ1v) is 20.3. The number of nitrogens with one attached hydrogen (secondary N) is 4. The van der Waals surface area contributed by atoms with Gasteiger partial charge in [-0.25, -0.2) is 0 Å². The molecular formula is C39H63N7O8. The Morgan fingerprint density at radius 1 is 0.741 bits per heavy atom. The Labute approximate surface area is 320 Å². The van der Waals surface area contributed by atoms with E-state index in [1.807, 2.05) is 6.92 Å². The molecule has 15 heteroatoms. The molecule has 2 radical (unpaired) electrons. The second-order valence-corrected chi connectivity index (χ2v) is 15.7. The average Bonchev–Trinajstić information content (AvgIpc) is 3.63. The Balaban J connectivity index is 1.40. The minimum Gasteiger partial charge on any atom is -0.391 e. The summed E-state index contributed by atoms with van der Waals surface area (Å²) in [6.07, 6.45) is 8.99. The standard InChI is InChI=1S/C39H63N7O8/c1-5-19-40-37(52)34(27(4)47)43-36(51)31-16-11-23-45(31)38(53)26(3)41-35(50)30-15-9-10-22-46(30)39(54)29(17-18-33(49)44-20-12-21-44)42-32(48)24-25(2)28-13-7-6-8-14-28/h3,25-31,34,47H,5-24H2,1-2,4H3,(H,40,52)(H,41,50)(H,42,48)(H,43,51)/t25-,26-,27?,29-,30-,31-,34-/m0/s1. The molecule has 0 aromatic carbocycles. The van der Waals surface area contributed by atoms with Gasteiger partial charge in [-0.2, -0.15) is 0 Å². The maximum absolute atomic E-state index is 14.2. The number of piperidine rings is 1. The molecule has 0 aromatic rings. The number of carbonyl (C=O) groups excluding carboxylic acids is 7. The molecule has 3 heterocycles. The Morgan fingerprint density at radius 2 is 1.35 bits per heavy atom. The lowest BCUT2D eigenvalue weighted by molar-refractivity contribution is -0.147. The van der Waals surface area contributed by atoms with Gasteiger partial charge in [-0.1, -0.05) is 46.0 Å². The first-order valence-electron chi connectivity index (χ1n) is 20.3. The first-order chi connectivity index (χ1) is 25.8. The summed E-state index contributed by atoms with van der Waals surface area (Å²) in [4.78, 5) is 98.0. The molecule has 0 aromatic heterocycles. The molecule has 3 saturated heterocycles. The number of hydrogen-bond acceptors (Lipinski definition) is 8. The van der Waals surface area contributed by atoms with E-state index in [2.05, 4.69) is 28.2 Å². The molecule has 1 unspecified atom stereocenters. The molecule has 302 valence electrons. The van der Waals surface area contributed by atoms with Crippen LogP contribution < -0.4 is 21.3 Å². The topological polar surface area (TPSA) is 198 Å². The second-order valence-electron chi connectivity index (χ2n) is 15.7. The van der Waals surface area contributed by atoms with Crippen molar-refractivity contribution in [2.24, 2.45) is 11.8 Å². The summed E-state index contributed by atoms with van der Waals surface area (Å²) in [6, 6.07) is -5.65. The van der Waals surface area contributed by atoms with Crippen molar-refractivity contribution in [1.29, 1.82) is 0 Å². The van der Waals surface area contributed by atoms with Crippen molar-refractivity contribution in [3.8, 4) is 0 Å². The Kier molecular flexibility index (Phi) is 16.6. The quantitative estimate of drug-likeness (QED) is 0.145. The molecule has 4 rings (SSSR count). The molecule has 0 bridgehead atoms. The van der Waals surface area contributed by atoms with Gasteiger partial charge >= 0.3 is 0 Å². The number of rotatable bonds is 17. The number of nitrogens with zero attached hydrogens (tertiary/aromatic N) is 3. The molecule has 7 amide bonds. The van der Waals surface area contributed by atoms with Crippen LogP contribution in [0.15, 0.2) is 0 Å². The highest BCUT2D eigenvalue weighted by Gasteiger charge is 2.41. The van der Waals surface area contributed by atoms with Gasteiger partial charge in [0.2, 0.25) is 41.4 Å². The zero-order valence-corrected chi connectivity index (χ0v) is 32.5. The Hall–Kier alpha value is -3.75. The molecule has 54 heavy (non-hydrogen) atoms. The average molecular weight is 758 g/mol. The van der Waals surface area contributed by atoms with Crippen molar-refractivity contribution in [2.45, 2.75) is 153 Å². The summed E-state index contributed by atoms with van der Waals surface area (Å²) in [5.74, 6) is -2.63. The van der Waals surface area contributed by atoms with Crippen LogP contribution in [-0.2, 0) is 33.6 Å². The fourth-order valence-electron chi connectivity index (χ4n) is 8.14. The third-order valence-corrected chi connectivity index (χ3v) is 11.6. The molecular weight excluding hydrogens is 694 g/mol. The third kappa shape index (κ3) is 11.6. The summed E-state index contributed by atoms with van der Waals surface area (Å²) >= 11 is 0. The van der Waals surface area contributed by atoms with Crippen LogP contribution in [-0.4, -0.2) is 130 Å². The SMILES string of the molecule is [CH][C@H](NC(=O)[C@@H]1CCCCN1C(=O)[C@H](CCC(=O)N1CCC1)NC(=O)C[C@H](C)C1CCCCC1)C(=O)N1CCC[C@H]1C(=O)N[C@H](C(=O)NCCC)C(C)O. The van der Waals surface area contributed by atoms with E-state index in [0.717, 1.165) is 32.1 Å². The molecule has 4 fully saturated rings. The maximum atomic E-state index is 14.2. The van der Waals surface area contributed by atoms with Crippen molar-refractivity contribution in [2.75, 3.05) is 32.7 Å². The van der Waals surface area contributed by atoms with Gasteiger partial charge in [0.15, 0.2) is 0 Å². The zero-order chi connectivity index (χ0) is 39.4. The number of likely N-dealkylation sites (tertiary alicyclic amines) is 3. The molecule has 1 aliphatic carbocycles. The van der Waals surface area contributed by atoms with Gasteiger partial charge in [0.05, 0.1) is 6.10 Å². The number of aliphatic hydroxyl groups is 1. The van der Waals surface area contributed by atoms with Crippen LogP contribution in [0.25, 0.3) is 0 Å². The monoisotopic (exact) mass is 757 g/mol. The minimum atomic E-state index is -1.52. The van der Waals surface area contributed by atoms with E-state index >= 15 is 0 Å². The molecule has 3 aliphatic heterocycles. The molecule has 15 nitrogen and oxygen atoms in total. The smallest absolute Gasteiger partial charge is 0.246 e. The summed E-state index contributed by atoms with van der Waals surface area (Å²) in [5, 5.41) is 20.9. The first kappa shape index (κ1) is 43.0. The summed E-state index contributed by atoms with van der Waals surface area (Å²) in [7, 11) is 0. The van der Waals surface area contributed by atoms with E-state index < -0.39 is 65.8 Å². The predicted molar refractivity (Wildman–Crippen MR) is 200 cm³/mol. The van der Waals surface area contributed by atoms with Crippen LogP contribution in [0.3, 0.4) is 0 Å². The Bertz CT molecular complexity index is 1330.